The van der Waals surface area contributed by atoms with Crippen LogP contribution in [0, 0.1) is 0 Å². The van der Waals surface area contributed by atoms with Crippen LogP contribution in [0.5, 0.6) is 5.88 Å². The zero-order valence-corrected chi connectivity index (χ0v) is 11.4. The van der Waals surface area contributed by atoms with E-state index in [0.29, 0.717) is 6.07 Å². The van der Waals surface area contributed by atoms with Gasteiger partial charge in [-0.25, -0.2) is 13.8 Å². The highest BCUT2D eigenvalue weighted by atomic mass is 19.4. The standard InChI is InChI=1S/C12H13F5N2O3/c1-2-21-10(20)4-8-7(5-18)6(11(13)14)3-9(19-8)22-12(15,16)17/h3,11H,2,4-5,18H2,1H3. The number of rotatable bonds is 6. The average molecular weight is 328 g/mol. The summed E-state index contributed by atoms with van der Waals surface area (Å²) in [5, 5.41) is 0. The van der Waals surface area contributed by atoms with Crippen LogP contribution in [0.2, 0.25) is 0 Å². The first-order valence-corrected chi connectivity index (χ1v) is 6.10. The van der Waals surface area contributed by atoms with E-state index in [0.717, 1.165) is 0 Å². The van der Waals surface area contributed by atoms with E-state index in [-0.39, 0.29) is 17.9 Å². The van der Waals surface area contributed by atoms with Gasteiger partial charge < -0.3 is 15.2 Å². The second kappa shape index (κ2) is 7.34. The third-order valence-electron chi connectivity index (χ3n) is 2.50. The van der Waals surface area contributed by atoms with Crippen LogP contribution in [-0.4, -0.2) is 23.9 Å². The van der Waals surface area contributed by atoms with E-state index >= 15 is 0 Å². The molecular formula is C12H13F5N2O3. The minimum Gasteiger partial charge on any atom is -0.466 e. The topological polar surface area (TPSA) is 74.4 Å². The molecule has 0 aliphatic carbocycles. The van der Waals surface area contributed by atoms with Gasteiger partial charge >= 0.3 is 12.3 Å². The Morgan fingerprint density at radius 1 is 1.41 bits per heavy atom. The minimum atomic E-state index is -5.10. The van der Waals surface area contributed by atoms with E-state index in [4.69, 9.17) is 5.73 Å². The van der Waals surface area contributed by atoms with Crippen molar-refractivity contribution in [1.82, 2.24) is 4.98 Å². The molecule has 0 radical (unpaired) electrons. The molecule has 0 aliphatic heterocycles. The number of hydrogen-bond acceptors (Lipinski definition) is 5. The third-order valence-corrected chi connectivity index (χ3v) is 2.50. The van der Waals surface area contributed by atoms with Crippen molar-refractivity contribution in [3.8, 4) is 5.88 Å². The molecular weight excluding hydrogens is 315 g/mol. The molecule has 0 saturated carbocycles. The number of esters is 1. The van der Waals surface area contributed by atoms with Gasteiger partial charge in [-0.2, -0.15) is 0 Å². The number of aromatic nitrogens is 1. The van der Waals surface area contributed by atoms with Crippen molar-refractivity contribution in [3.05, 3.63) is 22.9 Å². The average Bonchev–Trinajstić information content (AvgIpc) is 2.36. The molecule has 1 aromatic rings. The fourth-order valence-electron chi connectivity index (χ4n) is 1.72. The van der Waals surface area contributed by atoms with E-state index in [1.807, 2.05) is 0 Å². The summed E-state index contributed by atoms with van der Waals surface area (Å²) in [6, 6.07) is 0.453. The number of carbonyl (C=O) groups excluding carboxylic acids is 1. The van der Waals surface area contributed by atoms with Gasteiger partial charge in [-0.05, 0) is 12.5 Å². The molecule has 0 bridgehead atoms. The smallest absolute Gasteiger partial charge is 0.466 e. The van der Waals surface area contributed by atoms with E-state index in [9.17, 15) is 26.7 Å². The predicted molar refractivity (Wildman–Crippen MR) is 64.1 cm³/mol. The summed E-state index contributed by atoms with van der Waals surface area (Å²) in [5.41, 5.74) is 4.01. The highest BCUT2D eigenvalue weighted by Crippen LogP contribution is 2.30. The molecule has 1 aromatic heterocycles. The number of nitrogens with zero attached hydrogens (tertiary/aromatic N) is 1. The van der Waals surface area contributed by atoms with Gasteiger partial charge in [0, 0.05) is 18.2 Å². The van der Waals surface area contributed by atoms with E-state index in [2.05, 4.69) is 14.5 Å². The van der Waals surface area contributed by atoms with Gasteiger partial charge in [-0.15, -0.1) is 13.2 Å². The Morgan fingerprint density at radius 2 is 2.05 bits per heavy atom. The minimum absolute atomic E-state index is 0.0250. The number of pyridine rings is 1. The Balaban J connectivity index is 3.28. The van der Waals surface area contributed by atoms with Gasteiger partial charge in [-0.1, -0.05) is 0 Å². The molecule has 5 nitrogen and oxygen atoms in total. The predicted octanol–water partition coefficient (Wildman–Crippen LogP) is 2.48. The van der Waals surface area contributed by atoms with Crippen LogP contribution in [0.25, 0.3) is 0 Å². The molecule has 1 heterocycles. The van der Waals surface area contributed by atoms with Gasteiger partial charge in [0.05, 0.1) is 18.7 Å². The molecule has 22 heavy (non-hydrogen) atoms. The zero-order chi connectivity index (χ0) is 16.9. The van der Waals surface area contributed by atoms with Crippen LogP contribution in [-0.2, 0) is 22.5 Å². The first-order valence-electron chi connectivity index (χ1n) is 6.10. The SMILES string of the molecule is CCOC(=O)Cc1nc(OC(F)(F)F)cc(C(F)F)c1CN. The van der Waals surface area contributed by atoms with Crippen molar-refractivity contribution >= 4 is 5.97 Å². The van der Waals surface area contributed by atoms with Crippen molar-refractivity contribution in [2.45, 2.75) is 32.7 Å². The summed E-state index contributed by atoms with van der Waals surface area (Å²) in [7, 11) is 0. The number of ether oxygens (including phenoxy) is 2. The van der Waals surface area contributed by atoms with Crippen molar-refractivity contribution in [2.24, 2.45) is 5.73 Å². The van der Waals surface area contributed by atoms with Crippen LogP contribution in [0.1, 0.15) is 30.2 Å². The van der Waals surface area contributed by atoms with Crippen molar-refractivity contribution < 1.29 is 36.2 Å². The fraction of sp³-hybridized carbons (Fsp3) is 0.500. The number of hydrogen-bond donors (Lipinski definition) is 1. The maximum atomic E-state index is 13.0. The van der Waals surface area contributed by atoms with Crippen molar-refractivity contribution in [1.29, 1.82) is 0 Å². The number of halogens is 5. The largest absolute Gasteiger partial charge is 0.574 e. The quantitative estimate of drug-likeness (QED) is 0.641. The van der Waals surface area contributed by atoms with Gasteiger partial charge in [-0.3, -0.25) is 4.79 Å². The molecule has 0 fully saturated rings. The summed E-state index contributed by atoms with van der Waals surface area (Å²) in [4.78, 5) is 14.8. The molecule has 0 aliphatic rings. The van der Waals surface area contributed by atoms with E-state index < -0.39 is 43.2 Å². The summed E-state index contributed by atoms with van der Waals surface area (Å²) in [6.45, 7) is 1.12. The van der Waals surface area contributed by atoms with Gasteiger partial charge in [0.2, 0.25) is 5.88 Å². The Bertz CT molecular complexity index is 534. The first kappa shape index (κ1) is 18.1. The first-order chi connectivity index (χ1) is 10.2. The van der Waals surface area contributed by atoms with Gasteiger partial charge in [0.1, 0.15) is 0 Å². The van der Waals surface area contributed by atoms with Gasteiger partial charge in [0.15, 0.2) is 0 Å². The van der Waals surface area contributed by atoms with E-state index in [1.165, 1.54) is 6.92 Å². The molecule has 124 valence electrons. The summed E-state index contributed by atoms with van der Waals surface area (Å²) in [5.74, 6) is -1.91. The maximum absolute atomic E-state index is 13.0. The lowest BCUT2D eigenvalue weighted by molar-refractivity contribution is -0.276. The van der Waals surface area contributed by atoms with Crippen LogP contribution in [0.15, 0.2) is 6.07 Å². The number of carbonyl (C=O) groups is 1. The van der Waals surface area contributed by atoms with Crippen LogP contribution < -0.4 is 10.5 Å². The highest BCUT2D eigenvalue weighted by molar-refractivity contribution is 5.72. The van der Waals surface area contributed by atoms with Crippen molar-refractivity contribution in [3.63, 3.8) is 0 Å². The van der Waals surface area contributed by atoms with E-state index in [1.54, 1.807) is 0 Å². The summed E-state index contributed by atoms with van der Waals surface area (Å²) >= 11 is 0. The normalized spacial score (nSPS) is 11.6. The Kier molecular flexibility index (Phi) is 6.03. The lowest BCUT2D eigenvalue weighted by atomic mass is 10.0. The van der Waals surface area contributed by atoms with Crippen molar-refractivity contribution in [2.75, 3.05) is 6.61 Å². The zero-order valence-electron chi connectivity index (χ0n) is 11.4. The maximum Gasteiger partial charge on any atom is 0.574 e. The van der Waals surface area contributed by atoms with Crippen LogP contribution >= 0.6 is 0 Å². The highest BCUT2D eigenvalue weighted by Gasteiger charge is 2.33. The van der Waals surface area contributed by atoms with Crippen LogP contribution in [0.3, 0.4) is 0 Å². The molecule has 2 N–H and O–H groups in total. The molecule has 0 aromatic carbocycles. The van der Waals surface area contributed by atoms with Crippen LogP contribution in [0.4, 0.5) is 22.0 Å². The Morgan fingerprint density at radius 3 is 2.50 bits per heavy atom. The summed E-state index contributed by atoms with van der Waals surface area (Å²) in [6.07, 6.45) is -8.79. The third kappa shape index (κ3) is 5.10. The lowest BCUT2D eigenvalue weighted by Gasteiger charge is -2.15. The van der Waals surface area contributed by atoms with Gasteiger partial charge in [0.25, 0.3) is 6.43 Å². The molecule has 0 amide bonds. The second-order valence-corrected chi connectivity index (χ2v) is 4.01. The molecule has 0 atom stereocenters. The Hall–Kier alpha value is -1.97. The lowest BCUT2D eigenvalue weighted by Crippen LogP contribution is -2.20. The number of alkyl halides is 5. The number of nitrogens with two attached hydrogens (primary N) is 1. The molecule has 0 unspecified atom stereocenters. The Labute approximate surface area is 122 Å². The molecule has 0 saturated heterocycles. The molecule has 1 rings (SSSR count). The fourth-order valence-corrected chi connectivity index (χ4v) is 1.72. The summed E-state index contributed by atoms with van der Waals surface area (Å²) < 4.78 is 70.7. The second-order valence-electron chi connectivity index (χ2n) is 4.01. The monoisotopic (exact) mass is 328 g/mol. The molecule has 10 heteroatoms. The molecule has 0 spiro atoms.